The Bertz CT molecular complexity index is 861. The number of hydrogen-bond donors (Lipinski definition) is 3. The van der Waals surface area contributed by atoms with Gasteiger partial charge in [0.05, 0.1) is 42.4 Å². The van der Waals surface area contributed by atoms with Crippen molar-refractivity contribution in [1.82, 2.24) is 5.32 Å². The predicted octanol–water partition coefficient (Wildman–Crippen LogP) is 2.09. The monoisotopic (exact) mass is 390 g/mol. The molecule has 142 valence electrons. The number of anilines is 1. The maximum atomic E-state index is 12.7. The Morgan fingerprint density at radius 3 is 2.67 bits per heavy atom. The van der Waals surface area contributed by atoms with E-state index < -0.39 is 29.8 Å². The van der Waals surface area contributed by atoms with Gasteiger partial charge in [-0.2, -0.15) is 0 Å². The Kier molecular flexibility index (Phi) is 4.71. The molecule has 3 N–H and O–H groups in total. The van der Waals surface area contributed by atoms with E-state index >= 15 is 0 Å². The molecule has 0 unspecified atom stereocenters. The Morgan fingerprint density at radius 2 is 1.96 bits per heavy atom. The van der Waals surface area contributed by atoms with Crippen molar-refractivity contribution in [3.63, 3.8) is 0 Å². The van der Waals surface area contributed by atoms with E-state index in [1.165, 1.54) is 17.6 Å². The van der Waals surface area contributed by atoms with Gasteiger partial charge in [0, 0.05) is 0 Å². The zero-order chi connectivity index (χ0) is 19.0. The number of amides is 2. The minimum atomic E-state index is -1.02. The van der Waals surface area contributed by atoms with Crippen LogP contribution < -0.4 is 10.6 Å². The third-order valence-corrected chi connectivity index (χ3v) is 5.84. The number of carboxylic acid groups (broad SMARTS) is 1. The second kappa shape index (κ2) is 7.16. The Labute approximate surface area is 158 Å². The number of hydrogen-bond acceptors (Lipinski definition) is 6. The maximum Gasteiger partial charge on any atom is 0.310 e. The summed E-state index contributed by atoms with van der Waals surface area (Å²) in [6.45, 7) is 0.233. The zero-order valence-electron chi connectivity index (χ0n) is 14.2. The standard InChI is InChI=1S/C18H18N2O6S/c21-15(19-8-9-2-1-6-25-9)10-5-7-27-17(10)20-16(22)13-11-3-4-12(26-11)14(13)18(23)24/h1-2,5-7,11-14H,3-4,8H2,(H,19,21)(H,20,22)(H,23,24)/t11-,12+,13-,14+/m1/s1. The van der Waals surface area contributed by atoms with Crippen molar-refractivity contribution in [2.45, 2.75) is 31.6 Å². The molecule has 2 amide bonds. The summed E-state index contributed by atoms with van der Waals surface area (Å²) in [5.41, 5.74) is 0.329. The molecule has 27 heavy (non-hydrogen) atoms. The van der Waals surface area contributed by atoms with E-state index in [2.05, 4.69) is 10.6 Å². The van der Waals surface area contributed by atoms with E-state index in [0.29, 0.717) is 29.2 Å². The van der Waals surface area contributed by atoms with Crippen LogP contribution in [0.1, 0.15) is 29.0 Å². The van der Waals surface area contributed by atoms with Gasteiger partial charge in [-0.1, -0.05) is 0 Å². The number of ether oxygens (including phenoxy) is 1. The molecule has 2 aromatic heterocycles. The van der Waals surface area contributed by atoms with Crippen molar-refractivity contribution in [3.05, 3.63) is 41.2 Å². The first kappa shape index (κ1) is 17.7. The predicted molar refractivity (Wildman–Crippen MR) is 95.3 cm³/mol. The van der Waals surface area contributed by atoms with E-state index in [0.717, 1.165) is 0 Å². The summed E-state index contributed by atoms with van der Waals surface area (Å²) in [4.78, 5) is 36.7. The lowest BCUT2D eigenvalue weighted by atomic mass is 9.79. The third kappa shape index (κ3) is 3.35. The lowest BCUT2D eigenvalue weighted by Gasteiger charge is -2.23. The largest absolute Gasteiger partial charge is 0.481 e. The summed E-state index contributed by atoms with van der Waals surface area (Å²) in [7, 11) is 0. The fourth-order valence-electron chi connectivity index (χ4n) is 3.78. The van der Waals surface area contributed by atoms with Crippen molar-refractivity contribution >= 4 is 34.1 Å². The number of nitrogens with one attached hydrogen (secondary N) is 2. The topological polar surface area (TPSA) is 118 Å². The molecule has 4 rings (SSSR count). The van der Waals surface area contributed by atoms with Crippen molar-refractivity contribution < 1.29 is 28.6 Å². The van der Waals surface area contributed by atoms with Gasteiger partial charge >= 0.3 is 5.97 Å². The third-order valence-electron chi connectivity index (χ3n) is 5.01. The summed E-state index contributed by atoms with van der Waals surface area (Å²) in [5, 5.41) is 17.0. The van der Waals surface area contributed by atoms with Crippen LogP contribution in [0.2, 0.25) is 0 Å². The highest BCUT2D eigenvalue weighted by molar-refractivity contribution is 7.14. The van der Waals surface area contributed by atoms with Crippen molar-refractivity contribution in [3.8, 4) is 0 Å². The van der Waals surface area contributed by atoms with Crippen molar-refractivity contribution in [2.24, 2.45) is 11.8 Å². The summed E-state index contributed by atoms with van der Waals surface area (Å²) < 4.78 is 10.8. The lowest BCUT2D eigenvalue weighted by Crippen LogP contribution is -2.41. The normalized spacial score (nSPS) is 26.1. The van der Waals surface area contributed by atoms with Gasteiger partial charge in [0.2, 0.25) is 5.91 Å². The molecule has 0 radical (unpaired) electrons. The van der Waals surface area contributed by atoms with Gasteiger partial charge < -0.3 is 24.9 Å². The molecule has 4 heterocycles. The number of carboxylic acids is 1. The van der Waals surface area contributed by atoms with Gasteiger partial charge in [0.1, 0.15) is 10.8 Å². The fraction of sp³-hybridized carbons (Fsp3) is 0.389. The highest BCUT2D eigenvalue weighted by Crippen LogP contribution is 2.44. The number of carbonyl (C=O) groups excluding carboxylic acids is 2. The molecule has 0 aromatic carbocycles. The molecular weight excluding hydrogens is 372 g/mol. The minimum absolute atomic E-state index is 0.233. The molecule has 8 nitrogen and oxygen atoms in total. The second-order valence-electron chi connectivity index (χ2n) is 6.59. The van der Waals surface area contributed by atoms with Crippen LogP contribution in [0, 0.1) is 11.8 Å². The smallest absolute Gasteiger partial charge is 0.310 e. The highest BCUT2D eigenvalue weighted by Gasteiger charge is 2.55. The highest BCUT2D eigenvalue weighted by atomic mass is 32.1. The van der Waals surface area contributed by atoms with Crippen LogP contribution in [0.15, 0.2) is 34.3 Å². The summed E-state index contributed by atoms with van der Waals surface area (Å²) >= 11 is 1.21. The van der Waals surface area contributed by atoms with Gasteiger partial charge in [-0.15, -0.1) is 11.3 Å². The maximum absolute atomic E-state index is 12.7. The average Bonchev–Trinajstić information content (AvgIpc) is 3.42. The van der Waals surface area contributed by atoms with Crippen molar-refractivity contribution in [1.29, 1.82) is 0 Å². The zero-order valence-corrected chi connectivity index (χ0v) is 15.0. The van der Waals surface area contributed by atoms with Gasteiger partial charge in [-0.3, -0.25) is 14.4 Å². The lowest BCUT2D eigenvalue weighted by molar-refractivity contribution is -0.147. The number of carbonyl (C=O) groups is 3. The fourth-order valence-corrected chi connectivity index (χ4v) is 4.57. The van der Waals surface area contributed by atoms with Crippen molar-refractivity contribution in [2.75, 3.05) is 5.32 Å². The number of fused-ring (bicyclic) bond motifs is 2. The second-order valence-corrected chi connectivity index (χ2v) is 7.51. The van der Waals surface area contributed by atoms with Gasteiger partial charge in [-0.05, 0) is 36.4 Å². The molecule has 0 saturated carbocycles. The first-order valence-electron chi connectivity index (χ1n) is 8.62. The SMILES string of the molecule is O=C(NCc1ccco1)c1ccsc1NC(=O)[C@H]1[C@@H](C(=O)O)[C@@H]2CC[C@H]1O2. The Hall–Kier alpha value is -2.65. The first-order valence-corrected chi connectivity index (χ1v) is 9.49. The first-order chi connectivity index (χ1) is 13.0. The average molecular weight is 390 g/mol. The van der Waals surface area contributed by atoms with E-state index in [1.807, 2.05) is 0 Å². The molecule has 2 bridgehead atoms. The molecule has 2 saturated heterocycles. The Morgan fingerprint density at radius 1 is 1.19 bits per heavy atom. The van der Waals surface area contributed by atoms with Crippen LogP contribution in [0.4, 0.5) is 5.00 Å². The van der Waals surface area contributed by atoms with Crippen LogP contribution >= 0.6 is 11.3 Å². The number of thiophene rings is 1. The molecule has 2 aliphatic heterocycles. The van der Waals surface area contributed by atoms with Gasteiger partial charge in [-0.25, -0.2) is 0 Å². The van der Waals surface area contributed by atoms with Crippen LogP contribution in [0.25, 0.3) is 0 Å². The minimum Gasteiger partial charge on any atom is -0.481 e. The molecule has 0 aliphatic carbocycles. The quantitative estimate of drug-likeness (QED) is 0.695. The van der Waals surface area contributed by atoms with E-state index in [1.54, 1.807) is 23.6 Å². The number of rotatable bonds is 6. The van der Waals surface area contributed by atoms with Crippen LogP contribution in [-0.4, -0.2) is 35.1 Å². The summed E-state index contributed by atoms with van der Waals surface area (Å²) in [5.74, 6) is -2.76. The summed E-state index contributed by atoms with van der Waals surface area (Å²) in [6.07, 6.45) is 2.06. The molecule has 2 fully saturated rings. The molecule has 9 heteroatoms. The van der Waals surface area contributed by atoms with Crippen LogP contribution in [0.3, 0.4) is 0 Å². The van der Waals surface area contributed by atoms with Gasteiger partial charge in [0.15, 0.2) is 0 Å². The van der Waals surface area contributed by atoms with Crippen LogP contribution in [0.5, 0.6) is 0 Å². The van der Waals surface area contributed by atoms with E-state index in [9.17, 15) is 19.5 Å². The summed E-state index contributed by atoms with van der Waals surface area (Å²) in [6, 6.07) is 5.09. The van der Waals surface area contributed by atoms with E-state index in [4.69, 9.17) is 9.15 Å². The molecule has 4 atom stereocenters. The van der Waals surface area contributed by atoms with Crippen LogP contribution in [-0.2, 0) is 20.9 Å². The molecule has 2 aromatic rings. The van der Waals surface area contributed by atoms with Gasteiger partial charge in [0.25, 0.3) is 5.91 Å². The number of furan rings is 1. The molecule has 0 spiro atoms. The van der Waals surface area contributed by atoms with E-state index in [-0.39, 0.29) is 18.6 Å². The molecular formula is C18H18N2O6S. The number of aliphatic carboxylic acids is 1. The molecule has 2 aliphatic rings. The Balaban J connectivity index is 1.44.